The third-order valence-corrected chi connectivity index (χ3v) is 12.2. The molecule has 3 N–H and O–H groups in total. The maximum atomic E-state index is 13.0. The molecule has 6 aromatic rings. The van der Waals surface area contributed by atoms with Gasteiger partial charge in [0, 0.05) is 97.4 Å². The molecule has 6 heterocycles. The van der Waals surface area contributed by atoms with E-state index in [0.29, 0.717) is 93.9 Å². The monoisotopic (exact) mass is 1090 g/mol. The van der Waals surface area contributed by atoms with Gasteiger partial charge in [-0.3, -0.25) is 29.1 Å². The van der Waals surface area contributed by atoms with E-state index in [0.717, 1.165) is 57.1 Å². The maximum absolute atomic E-state index is 13.0. The Labute approximate surface area is 450 Å². The minimum absolute atomic E-state index is 0.0628. The number of carboxylic acid groups (broad SMARTS) is 1. The van der Waals surface area contributed by atoms with Gasteiger partial charge in [0.25, 0.3) is 11.8 Å². The molecule has 22 heteroatoms. The summed E-state index contributed by atoms with van der Waals surface area (Å²) < 4.78 is 93.8. The molecule has 79 heavy (non-hydrogen) atoms. The molecule has 0 atom stereocenters. The highest BCUT2D eigenvalue weighted by Gasteiger charge is 2.34. The summed E-state index contributed by atoms with van der Waals surface area (Å²) in [6.07, 6.45) is -3.43. The molecule has 0 bridgehead atoms. The number of esters is 1. The molecule has 2 aromatic carbocycles. The number of nitrogens with zero attached hydrogens (tertiary/aromatic N) is 6. The highest BCUT2D eigenvalue weighted by molar-refractivity contribution is 6.05. The Hall–Kier alpha value is -8.86. The third kappa shape index (κ3) is 16.1. The summed E-state index contributed by atoms with van der Waals surface area (Å²) in [5.41, 5.74) is 5.78. The van der Waals surface area contributed by atoms with E-state index in [-0.39, 0.29) is 36.4 Å². The topological polar surface area (TPSA) is 198 Å². The Kier molecular flexibility index (Phi) is 19.4. The minimum Gasteiger partial charge on any atom is -0.481 e. The lowest BCUT2D eigenvalue weighted by Crippen LogP contribution is -2.36. The van der Waals surface area contributed by atoms with Crippen molar-refractivity contribution in [3.8, 4) is 45.9 Å². The molecule has 2 amide bonds. The van der Waals surface area contributed by atoms with Crippen molar-refractivity contribution in [2.24, 2.45) is 0 Å². The van der Waals surface area contributed by atoms with Crippen molar-refractivity contribution in [1.29, 1.82) is 0 Å². The number of ether oxygens (including phenoxy) is 3. The van der Waals surface area contributed by atoms with Crippen molar-refractivity contribution in [2.75, 3.05) is 80.1 Å². The van der Waals surface area contributed by atoms with Gasteiger partial charge >= 0.3 is 24.3 Å². The number of methoxy groups -OCH3 is 1. The number of carbonyl (C=O) groups excluding carboxylic acids is 3. The maximum Gasteiger partial charge on any atom is 0.433 e. The summed E-state index contributed by atoms with van der Waals surface area (Å²) in [7, 11) is 1.33. The zero-order valence-electron chi connectivity index (χ0n) is 43.0. The van der Waals surface area contributed by atoms with Gasteiger partial charge in [0.2, 0.25) is 0 Å². The summed E-state index contributed by atoms with van der Waals surface area (Å²) in [5.74, 6) is 9.25. The molecule has 4 aromatic heterocycles. The van der Waals surface area contributed by atoms with Crippen LogP contribution in [0, 0.1) is 37.5 Å². The Morgan fingerprint density at radius 1 is 0.608 bits per heavy atom. The van der Waals surface area contributed by atoms with E-state index in [1.807, 2.05) is 32.0 Å². The molecule has 2 aliphatic heterocycles. The molecule has 0 radical (unpaired) electrons. The van der Waals surface area contributed by atoms with Gasteiger partial charge in [-0.05, 0) is 109 Å². The van der Waals surface area contributed by atoms with E-state index < -0.39 is 41.5 Å². The number of halogens is 6. The number of carbonyl (C=O) groups is 4. The van der Waals surface area contributed by atoms with Crippen molar-refractivity contribution >= 4 is 46.5 Å². The molecule has 0 saturated carbocycles. The summed E-state index contributed by atoms with van der Waals surface area (Å²) in [4.78, 5) is 67.6. The summed E-state index contributed by atoms with van der Waals surface area (Å²) in [6, 6.07) is 18.2. The Balaban J connectivity index is 0.000000229. The number of alkyl halides is 6. The van der Waals surface area contributed by atoms with Crippen LogP contribution in [0.1, 0.15) is 80.3 Å². The lowest BCUT2D eigenvalue weighted by Gasteiger charge is -2.29. The van der Waals surface area contributed by atoms with Crippen molar-refractivity contribution in [2.45, 2.75) is 51.9 Å². The second-order valence-electron chi connectivity index (χ2n) is 17.8. The third-order valence-electron chi connectivity index (χ3n) is 12.2. The second kappa shape index (κ2) is 26.5. The number of morpholine rings is 2. The fourth-order valence-corrected chi connectivity index (χ4v) is 8.09. The predicted molar refractivity (Wildman–Crippen MR) is 281 cm³/mol. The first kappa shape index (κ1) is 57.8. The van der Waals surface area contributed by atoms with Crippen LogP contribution in [0.25, 0.3) is 22.3 Å². The van der Waals surface area contributed by atoms with Gasteiger partial charge in [0.1, 0.15) is 22.8 Å². The van der Waals surface area contributed by atoms with Crippen LogP contribution in [0.3, 0.4) is 0 Å². The molecule has 0 aliphatic carbocycles. The van der Waals surface area contributed by atoms with E-state index in [2.05, 4.69) is 68.8 Å². The average molecular weight is 1090 g/mol. The quantitative estimate of drug-likeness (QED) is 0.0595. The van der Waals surface area contributed by atoms with Crippen LogP contribution in [0.15, 0.2) is 97.6 Å². The standard InChI is InChI=1S/C29H27F3N4O4.C28H25F3N4O4/c1-19-7-8-22(35-28(38)20-9-10-33-26(16-20)29(30,31)32)17-23(19)21-15-25(36-11-13-40-14-12-36)24(34-18-21)5-3-4-6-27(37)39-2;1-18-6-7-21(34-27(38)19-8-9-32-25(15-19)28(29,30)31)16-22(18)20-14-24(35-10-12-39-13-11-35)23(33-17-20)4-2-3-5-26(36)37/h7-10,15-18H,4,6,11-14H2,1-2H3,(H,35,38);6-9,14-17H,3,5,10-13H2,1H3,(H,34,38)(H,36,37). The lowest BCUT2D eigenvalue weighted by molar-refractivity contribution is -0.142. The number of benzene rings is 2. The number of carboxylic acids is 1. The van der Waals surface area contributed by atoms with E-state index in [4.69, 9.17) is 14.6 Å². The summed E-state index contributed by atoms with van der Waals surface area (Å²) >= 11 is 0. The fourth-order valence-electron chi connectivity index (χ4n) is 8.09. The average Bonchev–Trinajstić information content (AvgIpc) is 3.44. The van der Waals surface area contributed by atoms with Gasteiger partial charge in [-0.1, -0.05) is 24.0 Å². The number of hydrogen-bond donors (Lipinski definition) is 3. The number of nitrogens with one attached hydrogen (secondary N) is 2. The van der Waals surface area contributed by atoms with E-state index in [9.17, 15) is 45.5 Å². The van der Waals surface area contributed by atoms with Crippen LogP contribution >= 0.6 is 0 Å². The van der Waals surface area contributed by atoms with Gasteiger partial charge in [-0.15, -0.1) is 0 Å². The van der Waals surface area contributed by atoms with Crippen molar-refractivity contribution in [3.63, 3.8) is 0 Å². The molecule has 2 saturated heterocycles. The van der Waals surface area contributed by atoms with Crippen molar-refractivity contribution in [1.82, 2.24) is 19.9 Å². The molecular formula is C57H52F6N8O8. The van der Waals surface area contributed by atoms with Gasteiger partial charge in [0.15, 0.2) is 0 Å². The first-order valence-electron chi connectivity index (χ1n) is 24.6. The number of hydrogen-bond acceptors (Lipinski definition) is 13. The first-order valence-corrected chi connectivity index (χ1v) is 24.6. The molecule has 0 spiro atoms. The largest absolute Gasteiger partial charge is 0.481 e. The number of aryl methyl sites for hydroxylation is 2. The zero-order valence-corrected chi connectivity index (χ0v) is 43.0. The molecule has 2 aliphatic rings. The highest BCUT2D eigenvalue weighted by Crippen LogP contribution is 2.34. The molecule has 16 nitrogen and oxygen atoms in total. The van der Waals surface area contributed by atoms with Crippen molar-refractivity contribution < 1.29 is 64.8 Å². The van der Waals surface area contributed by atoms with Gasteiger partial charge in [-0.2, -0.15) is 26.3 Å². The van der Waals surface area contributed by atoms with Gasteiger partial charge < -0.3 is 39.8 Å². The normalized spacial score (nSPS) is 13.3. The van der Waals surface area contributed by atoms with E-state index >= 15 is 0 Å². The second-order valence-corrected chi connectivity index (χ2v) is 17.8. The van der Waals surface area contributed by atoms with Crippen LogP contribution in [0.4, 0.5) is 49.1 Å². The fraction of sp³-hybridized carbons (Fsp3) is 0.298. The van der Waals surface area contributed by atoms with Gasteiger partial charge in [-0.25, -0.2) is 9.97 Å². The van der Waals surface area contributed by atoms with E-state index in [1.54, 1.807) is 42.7 Å². The highest BCUT2D eigenvalue weighted by atomic mass is 19.4. The SMILES string of the molecule is COC(=O)CCC#Cc1ncc(-c2cc(NC(=O)c3ccnc(C(F)(F)F)c3)ccc2C)cc1N1CCOCC1.Cc1ccc(NC(=O)c2ccnc(C(F)(F)F)c2)cc1-c1cnc(C#CCCC(=O)O)c(N2CCOCC2)c1. The van der Waals surface area contributed by atoms with Crippen molar-refractivity contribution in [3.05, 3.63) is 143 Å². The summed E-state index contributed by atoms with van der Waals surface area (Å²) in [5, 5.41) is 14.2. The predicted octanol–water partition coefficient (Wildman–Crippen LogP) is 9.64. The lowest BCUT2D eigenvalue weighted by atomic mass is 10.00. The molecule has 8 rings (SSSR count). The van der Waals surface area contributed by atoms with Crippen LogP contribution in [0.5, 0.6) is 0 Å². The molecule has 2 fully saturated rings. The van der Waals surface area contributed by atoms with E-state index in [1.165, 1.54) is 19.2 Å². The number of aromatic nitrogens is 4. The zero-order chi connectivity index (χ0) is 56.7. The van der Waals surface area contributed by atoms with Gasteiger partial charge in [0.05, 0.1) is 57.8 Å². The van der Waals surface area contributed by atoms with Crippen LogP contribution in [-0.4, -0.2) is 109 Å². The molecule has 0 unspecified atom stereocenters. The number of pyridine rings is 4. The number of aliphatic carboxylic acids is 1. The molecule has 410 valence electrons. The minimum atomic E-state index is -4.66. The first-order chi connectivity index (χ1) is 37.8. The van der Waals surface area contributed by atoms with Crippen LogP contribution in [0.2, 0.25) is 0 Å². The number of anilines is 4. The Morgan fingerprint density at radius 2 is 1.03 bits per heavy atom. The Morgan fingerprint density at radius 3 is 1.42 bits per heavy atom. The number of amides is 2. The van der Waals surface area contributed by atoms with Crippen LogP contribution in [-0.2, 0) is 36.2 Å². The Bertz CT molecular complexity index is 3340. The smallest absolute Gasteiger partial charge is 0.433 e. The summed E-state index contributed by atoms with van der Waals surface area (Å²) in [6.45, 7) is 8.60. The van der Waals surface area contributed by atoms with Crippen LogP contribution < -0.4 is 20.4 Å². The molecular weight excluding hydrogens is 1040 g/mol. The number of rotatable bonds is 12.